The molecule has 1 aromatic heterocycles. The van der Waals surface area contributed by atoms with Gasteiger partial charge in [-0.2, -0.15) is 0 Å². The van der Waals surface area contributed by atoms with Crippen LogP contribution in [0.15, 0.2) is 53.7 Å². The van der Waals surface area contributed by atoms with E-state index in [-0.39, 0.29) is 11.4 Å². The maximum Gasteiger partial charge on any atom is 0.242 e. The Morgan fingerprint density at radius 2 is 1.95 bits per heavy atom. The van der Waals surface area contributed by atoms with Crippen molar-refractivity contribution in [1.82, 2.24) is 9.71 Å². The third-order valence-corrected chi connectivity index (χ3v) is 4.59. The average molecular weight is 341 g/mol. The lowest BCUT2D eigenvalue weighted by molar-refractivity contribution is 0.581. The van der Waals surface area contributed by atoms with Gasteiger partial charge in [0.25, 0.3) is 0 Å². The molecule has 2 rings (SSSR count). The molecule has 6 heteroatoms. The number of pyridine rings is 1. The van der Waals surface area contributed by atoms with Gasteiger partial charge >= 0.3 is 0 Å². The van der Waals surface area contributed by atoms with E-state index in [4.69, 9.17) is 0 Å². The molecule has 2 aromatic rings. The molecule has 0 aliphatic carbocycles. The van der Waals surface area contributed by atoms with Crippen LogP contribution in [0.2, 0.25) is 0 Å². The maximum atomic E-state index is 12.0. The minimum atomic E-state index is -3.50. The molecule has 0 bridgehead atoms. The number of alkyl halides is 1. The smallest absolute Gasteiger partial charge is 0.242 e. The summed E-state index contributed by atoms with van der Waals surface area (Å²) in [6.45, 7) is 0.262. The van der Waals surface area contributed by atoms with Crippen LogP contribution in [-0.2, 0) is 21.9 Å². The Hall–Kier alpha value is -1.24. The van der Waals surface area contributed by atoms with Crippen LogP contribution in [0.1, 0.15) is 11.1 Å². The van der Waals surface area contributed by atoms with Crippen LogP contribution in [-0.4, -0.2) is 13.4 Å². The van der Waals surface area contributed by atoms with Gasteiger partial charge < -0.3 is 0 Å². The Balaban J connectivity index is 2.10. The summed E-state index contributed by atoms with van der Waals surface area (Å²) in [7, 11) is -3.50. The molecule has 4 nitrogen and oxygen atoms in total. The van der Waals surface area contributed by atoms with Crippen molar-refractivity contribution < 1.29 is 8.42 Å². The summed E-state index contributed by atoms with van der Waals surface area (Å²) in [5.41, 5.74) is 2.03. The highest BCUT2D eigenvalue weighted by Gasteiger charge is 2.13. The summed E-state index contributed by atoms with van der Waals surface area (Å²) in [6, 6.07) is 10.8. The van der Waals surface area contributed by atoms with Gasteiger partial charge in [0.05, 0.1) is 0 Å². The molecule has 0 atom stereocenters. The highest BCUT2D eigenvalue weighted by molar-refractivity contribution is 9.08. The molecule has 0 spiro atoms. The lowest BCUT2D eigenvalue weighted by Gasteiger charge is -2.07. The minimum absolute atomic E-state index is 0.173. The van der Waals surface area contributed by atoms with Crippen molar-refractivity contribution >= 4 is 26.0 Å². The van der Waals surface area contributed by atoms with Crippen molar-refractivity contribution in [3.05, 3.63) is 59.9 Å². The van der Waals surface area contributed by atoms with Gasteiger partial charge in [0.15, 0.2) is 0 Å². The summed E-state index contributed by atoms with van der Waals surface area (Å²) in [4.78, 5) is 3.98. The Bertz CT molecular complexity index is 645. The number of nitrogens with one attached hydrogen (secondary N) is 1. The number of sulfonamides is 1. The predicted molar refractivity (Wildman–Crippen MR) is 77.3 cm³/mol. The fraction of sp³-hybridized carbons (Fsp3) is 0.154. The summed E-state index contributed by atoms with van der Waals surface area (Å²) in [5.74, 6) is 0. The third-order valence-electron chi connectivity index (χ3n) is 2.56. The molecular weight excluding hydrogens is 328 g/mol. The van der Waals surface area contributed by atoms with Crippen LogP contribution in [0, 0.1) is 0 Å². The van der Waals surface area contributed by atoms with E-state index in [1.54, 1.807) is 12.3 Å². The molecular formula is C13H13BrN2O2S. The zero-order valence-corrected chi connectivity index (χ0v) is 12.5. The van der Waals surface area contributed by atoms with E-state index in [1.165, 1.54) is 12.3 Å². The summed E-state index contributed by atoms with van der Waals surface area (Å²) < 4.78 is 26.6. The van der Waals surface area contributed by atoms with Crippen molar-refractivity contribution in [2.75, 3.05) is 0 Å². The van der Waals surface area contributed by atoms with Gasteiger partial charge in [0.1, 0.15) is 4.90 Å². The fourth-order valence-electron chi connectivity index (χ4n) is 1.59. The van der Waals surface area contributed by atoms with E-state index in [2.05, 4.69) is 25.6 Å². The molecule has 19 heavy (non-hydrogen) atoms. The number of rotatable bonds is 5. The van der Waals surface area contributed by atoms with Crippen molar-refractivity contribution in [1.29, 1.82) is 0 Å². The highest BCUT2D eigenvalue weighted by atomic mass is 79.9. The van der Waals surface area contributed by atoms with Crippen LogP contribution in [0.25, 0.3) is 0 Å². The summed E-state index contributed by atoms with van der Waals surface area (Å²) in [5, 5.41) is 0.746. The molecule has 0 saturated carbocycles. The van der Waals surface area contributed by atoms with Crippen LogP contribution in [0.4, 0.5) is 0 Å². The van der Waals surface area contributed by atoms with Crippen LogP contribution >= 0.6 is 15.9 Å². The third kappa shape index (κ3) is 3.86. The lowest BCUT2D eigenvalue weighted by Crippen LogP contribution is -2.23. The number of halogens is 1. The molecule has 0 saturated heterocycles. The Morgan fingerprint density at radius 3 is 2.63 bits per heavy atom. The normalized spacial score (nSPS) is 11.4. The summed E-state index contributed by atoms with van der Waals surface area (Å²) in [6.07, 6.45) is 2.87. The number of benzene rings is 1. The largest absolute Gasteiger partial charge is 0.263 e. The van der Waals surface area contributed by atoms with Gasteiger partial charge in [-0.25, -0.2) is 13.1 Å². The molecule has 1 N–H and O–H groups in total. The Kier molecular flexibility index (Phi) is 4.68. The fourth-order valence-corrected chi connectivity index (χ4v) is 2.92. The first kappa shape index (κ1) is 14.2. The van der Waals surface area contributed by atoms with E-state index < -0.39 is 10.0 Å². The number of nitrogens with zero attached hydrogens (tertiary/aromatic N) is 1. The standard InChI is InChI=1S/C13H13BrN2O2S/c14-8-11-3-1-4-12(7-11)9-16-19(17,18)13-5-2-6-15-10-13/h1-7,10,16H,8-9H2. The highest BCUT2D eigenvalue weighted by Crippen LogP contribution is 2.10. The molecule has 0 amide bonds. The van der Waals surface area contributed by atoms with Crippen LogP contribution in [0.3, 0.4) is 0 Å². The molecule has 0 aliphatic heterocycles. The number of hydrogen-bond acceptors (Lipinski definition) is 3. The van der Waals surface area contributed by atoms with Crippen molar-refractivity contribution in [2.24, 2.45) is 0 Å². The van der Waals surface area contributed by atoms with Crippen LogP contribution < -0.4 is 4.72 Å². The van der Waals surface area contributed by atoms with Crippen molar-refractivity contribution in [3.63, 3.8) is 0 Å². The van der Waals surface area contributed by atoms with Gasteiger partial charge in [-0.1, -0.05) is 40.2 Å². The monoisotopic (exact) mass is 340 g/mol. The second kappa shape index (κ2) is 6.27. The SMILES string of the molecule is O=S(=O)(NCc1cccc(CBr)c1)c1cccnc1. The molecule has 1 aromatic carbocycles. The first-order valence-corrected chi connectivity index (χ1v) is 8.26. The molecule has 0 fully saturated rings. The quantitative estimate of drug-likeness (QED) is 0.850. The van der Waals surface area contributed by atoms with E-state index in [0.29, 0.717) is 0 Å². The molecule has 1 heterocycles. The van der Waals surface area contributed by atoms with Gasteiger partial charge in [0.2, 0.25) is 10.0 Å². The lowest BCUT2D eigenvalue weighted by atomic mass is 10.1. The first-order chi connectivity index (χ1) is 9.12. The van der Waals surface area contributed by atoms with E-state index >= 15 is 0 Å². The molecule has 0 aliphatic rings. The minimum Gasteiger partial charge on any atom is -0.263 e. The maximum absolute atomic E-state index is 12.0. The van der Waals surface area contributed by atoms with Gasteiger partial charge in [-0.3, -0.25) is 4.98 Å². The van der Waals surface area contributed by atoms with Crippen LogP contribution in [0.5, 0.6) is 0 Å². The van der Waals surface area contributed by atoms with Gasteiger partial charge in [0, 0.05) is 24.3 Å². The zero-order chi connectivity index (χ0) is 13.7. The topological polar surface area (TPSA) is 59.1 Å². The van der Waals surface area contributed by atoms with Gasteiger partial charge in [-0.05, 0) is 23.3 Å². The van der Waals surface area contributed by atoms with E-state index in [0.717, 1.165) is 16.5 Å². The first-order valence-electron chi connectivity index (χ1n) is 5.65. The Morgan fingerprint density at radius 1 is 1.16 bits per heavy atom. The number of hydrogen-bond donors (Lipinski definition) is 1. The molecule has 100 valence electrons. The van der Waals surface area contributed by atoms with E-state index in [1.807, 2.05) is 24.3 Å². The second-order valence-corrected chi connectivity index (χ2v) is 6.29. The average Bonchev–Trinajstić information content (AvgIpc) is 2.46. The summed E-state index contributed by atoms with van der Waals surface area (Å²) >= 11 is 3.37. The van der Waals surface area contributed by atoms with Crippen molar-refractivity contribution in [2.45, 2.75) is 16.8 Å². The zero-order valence-electron chi connectivity index (χ0n) is 10.1. The van der Waals surface area contributed by atoms with Crippen molar-refractivity contribution in [3.8, 4) is 0 Å². The predicted octanol–water partition coefficient (Wildman–Crippen LogP) is 2.46. The van der Waals surface area contributed by atoms with Gasteiger partial charge in [-0.15, -0.1) is 0 Å². The second-order valence-electron chi connectivity index (χ2n) is 3.97. The molecule has 0 radical (unpaired) electrons. The van der Waals surface area contributed by atoms with E-state index in [9.17, 15) is 8.42 Å². The molecule has 0 unspecified atom stereocenters. The number of aromatic nitrogens is 1. The Labute approximate surface area is 121 Å².